The Morgan fingerprint density at radius 3 is 2.36 bits per heavy atom. The summed E-state index contributed by atoms with van der Waals surface area (Å²) in [7, 11) is 3.03. The van der Waals surface area contributed by atoms with Crippen LogP contribution in [0, 0.1) is 6.92 Å². The number of benzene rings is 3. The Balaban J connectivity index is 1.75. The lowest BCUT2D eigenvalue weighted by Gasteiger charge is -2.25. The van der Waals surface area contributed by atoms with Crippen molar-refractivity contribution in [1.82, 2.24) is 9.97 Å². The minimum absolute atomic E-state index is 0.0622. The number of fused-ring (bicyclic) bond motifs is 1. The topological polar surface area (TPSA) is 114 Å². The van der Waals surface area contributed by atoms with Crippen LogP contribution in [0.1, 0.15) is 56.0 Å². The molecule has 1 aromatic heterocycles. The molecule has 5 rings (SSSR count). The van der Waals surface area contributed by atoms with E-state index in [2.05, 4.69) is 9.97 Å². The normalized spacial score (nSPS) is 16.7. The number of carbonyl (C=O) groups is 2. The third kappa shape index (κ3) is 4.95. The molecule has 42 heavy (non-hydrogen) atoms. The smallest absolute Gasteiger partial charge is 0.302 e. The third-order valence-electron chi connectivity index (χ3n) is 7.38. The Morgan fingerprint density at radius 2 is 1.69 bits per heavy atom. The summed E-state index contributed by atoms with van der Waals surface area (Å²) in [5.74, 6) is -0.148. The number of H-pyrrole nitrogens is 1. The van der Waals surface area contributed by atoms with Gasteiger partial charge in [0.15, 0.2) is 11.5 Å². The van der Waals surface area contributed by atoms with Gasteiger partial charge in [0.05, 0.1) is 43.5 Å². The van der Waals surface area contributed by atoms with Gasteiger partial charge in [-0.1, -0.05) is 32.9 Å². The molecule has 1 unspecified atom stereocenters. The summed E-state index contributed by atoms with van der Waals surface area (Å²) in [4.78, 5) is 36.6. The van der Waals surface area contributed by atoms with E-state index < -0.39 is 17.7 Å². The molecule has 1 atom stereocenters. The average molecular weight is 570 g/mol. The lowest BCUT2D eigenvalue weighted by molar-refractivity contribution is -0.132. The quantitative estimate of drug-likeness (QED) is 0.154. The molecule has 1 aliphatic heterocycles. The highest BCUT2D eigenvalue weighted by molar-refractivity contribution is 6.51. The summed E-state index contributed by atoms with van der Waals surface area (Å²) in [6.07, 6.45) is 0. The highest BCUT2D eigenvalue weighted by Crippen LogP contribution is 2.44. The maximum Gasteiger partial charge on any atom is 0.302 e. The summed E-state index contributed by atoms with van der Waals surface area (Å²) in [5, 5.41) is 11.8. The van der Waals surface area contributed by atoms with Crippen LogP contribution in [-0.4, -0.2) is 47.6 Å². The van der Waals surface area contributed by atoms with Crippen LogP contribution in [0.5, 0.6) is 17.2 Å². The number of carbonyl (C=O) groups excluding carboxylic acids is 2. The highest BCUT2D eigenvalue weighted by Gasteiger charge is 2.48. The number of aromatic amines is 1. The van der Waals surface area contributed by atoms with E-state index in [4.69, 9.17) is 14.2 Å². The molecular weight excluding hydrogens is 534 g/mol. The summed E-state index contributed by atoms with van der Waals surface area (Å²) in [5.41, 5.74) is 3.79. The maximum atomic E-state index is 13.8. The molecular formula is C33H35N3O6. The molecule has 2 heterocycles. The van der Waals surface area contributed by atoms with Crippen LogP contribution < -0.4 is 19.1 Å². The fourth-order valence-corrected chi connectivity index (χ4v) is 5.31. The number of amides is 1. The fourth-order valence-electron chi connectivity index (χ4n) is 5.31. The zero-order chi connectivity index (χ0) is 30.3. The van der Waals surface area contributed by atoms with Crippen molar-refractivity contribution in [3.63, 3.8) is 0 Å². The van der Waals surface area contributed by atoms with Crippen LogP contribution in [0.4, 0.5) is 5.95 Å². The maximum absolute atomic E-state index is 13.8. The first-order chi connectivity index (χ1) is 20.0. The van der Waals surface area contributed by atoms with Crippen molar-refractivity contribution in [1.29, 1.82) is 0 Å². The molecule has 1 saturated heterocycles. The lowest BCUT2D eigenvalue weighted by atomic mass is 9.84. The Hall–Kier alpha value is -4.79. The van der Waals surface area contributed by atoms with Gasteiger partial charge >= 0.3 is 5.91 Å². The first-order valence-corrected chi connectivity index (χ1v) is 13.8. The number of imidazole rings is 1. The number of ether oxygens (including phenoxy) is 3. The molecule has 0 radical (unpaired) electrons. The number of rotatable bonds is 7. The van der Waals surface area contributed by atoms with Gasteiger partial charge in [-0.2, -0.15) is 0 Å². The molecule has 1 aliphatic rings. The predicted molar refractivity (Wildman–Crippen MR) is 161 cm³/mol. The second-order valence-corrected chi connectivity index (χ2v) is 11.3. The van der Waals surface area contributed by atoms with Gasteiger partial charge in [0.2, 0.25) is 5.95 Å². The monoisotopic (exact) mass is 569 g/mol. The van der Waals surface area contributed by atoms with Gasteiger partial charge < -0.3 is 24.3 Å². The first kappa shape index (κ1) is 28.7. The van der Waals surface area contributed by atoms with Gasteiger partial charge in [-0.3, -0.25) is 14.5 Å². The minimum Gasteiger partial charge on any atom is -0.507 e. The number of nitrogens with one attached hydrogen (secondary N) is 1. The molecule has 1 fully saturated rings. The first-order valence-electron chi connectivity index (χ1n) is 13.8. The summed E-state index contributed by atoms with van der Waals surface area (Å²) in [6.45, 7) is 10.5. The van der Waals surface area contributed by atoms with Crippen LogP contribution in [0.2, 0.25) is 0 Å². The molecule has 0 bridgehead atoms. The fraction of sp³-hybridized carbons (Fsp3) is 0.303. The van der Waals surface area contributed by atoms with Crippen LogP contribution in [-0.2, 0) is 15.0 Å². The number of aryl methyl sites for hydroxylation is 1. The van der Waals surface area contributed by atoms with Crippen LogP contribution in [0.25, 0.3) is 16.8 Å². The minimum atomic E-state index is -1.00. The molecule has 0 saturated carbocycles. The van der Waals surface area contributed by atoms with E-state index >= 15 is 0 Å². The molecule has 9 nitrogen and oxygen atoms in total. The molecule has 218 valence electrons. The van der Waals surface area contributed by atoms with Gasteiger partial charge in [-0.05, 0) is 72.9 Å². The molecule has 0 aliphatic carbocycles. The molecule has 3 aromatic carbocycles. The van der Waals surface area contributed by atoms with E-state index in [-0.39, 0.29) is 22.7 Å². The van der Waals surface area contributed by atoms with E-state index in [1.807, 2.05) is 58.9 Å². The van der Waals surface area contributed by atoms with Crippen LogP contribution >= 0.6 is 0 Å². The van der Waals surface area contributed by atoms with Crippen LogP contribution in [0.15, 0.2) is 60.2 Å². The lowest BCUT2D eigenvalue weighted by Crippen LogP contribution is -2.30. The Bertz CT molecular complexity index is 1730. The van der Waals surface area contributed by atoms with Crippen molar-refractivity contribution in [3.05, 3.63) is 82.4 Å². The Kier molecular flexibility index (Phi) is 7.45. The highest BCUT2D eigenvalue weighted by atomic mass is 16.5. The molecule has 9 heteroatoms. The number of aliphatic hydroxyl groups is 1. The van der Waals surface area contributed by atoms with Gasteiger partial charge in [-0.25, -0.2) is 4.98 Å². The SMILES string of the molecule is CCOc1ccc(/C(O)=C2\C(=O)C(=O)N(c3nc4ccc(C)cc4[nH]3)C2c2ccc(OC)c(OC)c2)cc1C(C)(C)C. The van der Waals surface area contributed by atoms with Gasteiger partial charge in [0.25, 0.3) is 5.78 Å². The number of aromatic nitrogens is 2. The number of methoxy groups -OCH3 is 2. The molecule has 0 spiro atoms. The predicted octanol–water partition coefficient (Wildman–Crippen LogP) is 6.21. The number of ketones is 1. The second kappa shape index (κ2) is 10.9. The summed E-state index contributed by atoms with van der Waals surface area (Å²) >= 11 is 0. The van der Waals surface area contributed by atoms with E-state index in [0.717, 1.165) is 16.6 Å². The zero-order valence-electron chi connectivity index (χ0n) is 24.9. The number of hydrogen-bond acceptors (Lipinski definition) is 7. The van der Waals surface area contributed by atoms with Crippen molar-refractivity contribution in [3.8, 4) is 17.2 Å². The van der Waals surface area contributed by atoms with Crippen molar-refractivity contribution in [2.45, 2.75) is 46.1 Å². The van der Waals surface area contributed by atoms with E-state index in [9.17, 15) is 14.7 Å². The largest absolute Gasteiger partial charge is 0.507 e. The Morgan fingerprint density at radius 1 is 0.976 bits per heavy atom. The van der Waals surface area contributed by atoms with Crippen molar-refractivity contribution >= 4 is 34.4 Å². The van der Waals surface area contributed by atoms with E-state index in [0.29, 0.717) is 40.5 Å². The van der Waals surface area contributed by atoms with Crippen molar-refractivity contribution in [2.75, 3.05) is 25.7 Å². The average Bonchev–Trinajstić information content (AvgIpc) is 3.49. The number of Topliss-reactive ketones (excluding diaryl/α,β-unsaturated/α-hetero) is 1. The standard InChI is InChI=1S/C33H35N3O6/c1-8-42-24-13-11-20(16-21(24)33(3,4)5)29(37)27-28(19-10-14-25(40-6)26(17-19)41-7)36(31(39)30(27)38)32-34-22-12-9-18(2)15-23(22)35-32/h9-17,28,37H,8H2,1-7H3,(H,34,35)/b29-27+. The second-order valence-electron chi connectivity index (χ2n) is 11.3. The van der Waals surface area contributed by atoms with Crippen molar-refractivity contribution in [2.24, 2.45) is 0 Å². The van der Waals surface area contributed by atoms with E-state index in [1.165, 1.54) is 19.1 Å². The summed E-state index contributed by atoms with van der Waals surface area (Å²) < 4.78 is 16.8. The molecule has 1 amide bonds. The molecule has 4 aromatic rings. The number of anilines is 1. The number of nitrogens with zero attached hydrogens (tertiary/aromatic N) is 2. The van der Waals surface area contributed by atoms with Gasteiger partial charge in [-0.15, -0.1) is 0 Å². The zero-order valence-corrected chi connectivity index (χ0v) is 24.9. The third-order valence-corrected chi connectivity index (χ3v) is 7.38. The van der Waals surface area contributed by atoms with Gasteiger partial charge in [0.1, 0.15) is 11.5 Å². The molecule has 2 N–H and O–H groups in total. The summed E-state index contributed by atoms with van der Waals surface area (Å²) in [6, 6.07) is 15.1. The van der Waals surface area contributed by atoms with Crippen LogP contribution in [0.3, 0.4) is 0 Å². The van der Waals surface area contributed by atoms with Crippen molar-refractivity contribution < 1.29 is 28.9 Å². The Labute approximate surface area is 244 Å². The van der Waals surface area contributed by atoms with E-state index in [1.54, 1.807) is 30.3 Å². The number of hydrogen-bond donors (Lipinski definition) is 2. The van der Waals surface area contributed by atoms with Gasteiger partial charge in [0, 0.05) is 11.1 Å². The number of aliphatic hydroxyl groups excluding tert-OH is 1.